The molecule has 0 radical (unpaired) electrons. The van der Waals surface area contributed by atoms with Crippen molar-refractivity contribution in [3.05, 3.63) is 53.6 Å². The van der Waals surface area contributed by atoms with Crippen molar-refractivity contribution in [2.45, 2.75) is 52.1 Å². The lowest BCUT2D eigenvalue weighted by molar-refractivity contribution is -0.141. The normalized spacial score (nSPS) is 17.4. The summed E-state index contributed by atoms with van der Waals surface area (Å²) in [4.78, 5) is 45.1. The van der Waals surface area contributed by atoms with E-state index in [1.807, 2.05) is 25.1 Å². The van der Waals surface area contributed by atoms with Crippen LogP contribution < -0.4 is 15.5 Å². The molecule has 1 aromatic heterocycles. The number of benzodiazepines with no additional fused rings is 1. The second-order valence-corrected chi connectivity index (χ2v) is 9.98. The Hall–Kier alpha value is -4.61. The van der Waals surface area contributed by atoms with E-state index in [0.29, 0.717) is 17.1 Å². The molecule has 2 aliphatic rings. The number of nitrogens with zero attached hydrogens (tertiary/aromatic N) is 5. The van der Waals surface area contributed by atoms with Crippen LogP contribution in [-0.4, -0.2) is 63.6 Å². The SMILES string of the molecule is CC(=O)OCCN1C(=O)[C@H](NC(=O)Nc2cccc(-c3nnn[nH]3)c2)N=C(C2CCCCC2)c2cccc(C)c21. The van der Waals surface area contributed by atoms with Crippen molar-refractivity contribution < 1.29 is 19.1 Å². The van der Waals surface area contributed by atoms with Crippen LogP contribution in [0, 0.1) is 12.8 Å². The van der Waals surface area contributed by atoms with Gasteiger partial charge >= 0.3 is 12.0 Å². The van der Waals surface area contributed by atoms with E-state index in [0.717, 1.165) is 48.2 Å². The Balaban J connectivity index is 1.45. The van der Waals surface area contributed by atoms with Gasteiger partial charge in [0.05, 0.1) is 17.9 Å². The molecule has 1 saturated carbocycles. The first-order valence-corrected chi connectivity index (χ1v) is 13.4. The van der Waals surface area contributed by atoms with Gasteiger partial charge in [-0.1, -0.05) is 49.6 Å². The standard InChI is InChI=1S/C28H32N8O4/c1-17-8-6-13-22-23(19-9-4-3-5-10-19)30-26(27(38)36(24(17)22)14-15-40-18(2)37)31-28(39)29-21-12-7-11-20(16-21)25-32-34-35-33-25/h6-8,11-13,16,19,26H,3-5,9-10,14-15H2,1-2H3,(H2,29,31,39)(H,32,33,34,35)/t26-/m0/s1. The first-order chi connectivity index (χ1) is 19.4. The number of aromatic nitrogens is 4. The lowest BCUT2D eigenvalue weighted by Gasteiger charge is -2.27. The van der Waals surface area contributed by atoms with Crippen LogP contribution >= 0.6 is 0 Å². The van der Waals surface area contributed by atoms with Gasteiger partial charge in [-0.3, -0.25) is 14.6 Å². The Morgan fingerprint density at radius 2 is 1.93 bits per heavy atom. The number of aryl methyl sites for hydroxylation is 1. The summed E-state index contributed by atoms with van der Waals surface area (Å²) in [5, 5.41) is 19.3. The fourth-order valence-electron chi connectivity index (χ4n) is 5.36. The first-order valence-electron chi connectivity index (χ1n) is 13.4. The summed E-state index contributed by atoms with van der Waals surface area (Å²) in [5.41, 5.74) is 4.53. The summed E-state index contributed by atoms with van der Waals surface area (Å²) in [6.07, 6.45) is 4.12. The second-order valence-electron chi connectivity index (χ2n) is 9.98. The Kier molecular flexibility index (Phi) is 8.13. The molecule has 3 N–H and O–H groups in total. The third-order valence-corrected chi connectivity index (χ3v) is 7.17. The first kappa shape index (κ1) is 27.0. The van der Waals surface area contributed by atoms with Crippen molar-refractivity contribution in [3.8, 4) is 11.4 Å². The van der Waals surface area contributed by atoms with Crippen LogP contribution in [0.5, 0.6) is 0 Å². The number of para-hydroxylation sites is 1. The van der Waals surface area contributed by atoms with Crippen LogP contribution in [0.4, 0.5) is 16.2 Å². The molecule has 1 aliphatic carbocycles. The van der Waals surface area contributed by atoms with Crippen LogP contribution in [0.25, 0.3) is 11.4 Å². The van der Waals surface area contributed by atoms with Crippen LogP contribution in [-0.2, 0) is 14.3 Å². The molecule has 3 amide bonds. The monoisotopic (exact) mass is 544 g/mol. The number of rotatable bonds is 7. The molecular weight excluding hydrogens is 512 g/mol. The highest BCUT2D eigenvalue weighted by Crippen LogP contribution is 2.35. The van der Waals surface area contributed by atoms with Gasteiger partial charge in [-0.2, -0.15) is 0 Å². The molecule has 2 heterocycles. The van der Waals surface area contributed by atoms with Gasteiger partial charge in [0.2, 0.25) is 6.17 Å². The summed E-state index contributed by atoms with van der Waals surface area (Å²) < 4.78 is 5.18. The van der Waals surface area contributed by atoms with Crippen molar-refractivity contribution in [2.75, 3.05) is 23.4 Å². The predicted molar refractivity (Wildman–Crippen MR) is 149 cm³/mol. The maximum Gasteiger partial charge on any atom is 0.321 e. The number of carbonyl (C=O) groups is 3. The zero-order chi connectivity index (χ0) is 28.1. The summed E-state index contributed by atoms with van der Waals surface area (Å²) in [7, 11) is 0. The van der Waals surface area contributed by atoms with Gasteiger partial charge in [-0.15, -0.1) is 5.10 Å². The zero-order valence-electron chi connectivity index (χ0n) is 22.5. The van der Waals surface area contributed by atoms with E-state index in [2.05, 4.69) is 31.3 Å². The number of hydrogen-bond acceptors (Lipinski definition) is 8. The van der Waals surface area contributed by atoms with Crippen LogP contribution in [0.1, 0.15) is 50.2 Å². The quantitative estimate of drug-likeness (QED) is 0.384. The number of carbonyl (C=O) groups excluding carboxylic acids is 3. The van der Waals surface area contributed by atoms with Crippen molar-refractivity contribution in [1.29, 1.82) is 0 Å². The lowest BCUT2D eigenvalue weighted by Crippen LogP contribution is -2.49. The van der Waals surface area contributed by atoms with Crippen molar-refractivity contribution in [3.63, 3.8) is 0 Å². The minimum Gasteiger partial charge on any atom is -0.464 e. The van der Waals surface area contributed by atoms with Crippen molar-refractivity contribution in [2.24, 2.45) is 10.9 Å². The largest absolute Gasteiger partial charge is 0.464 e. The molecule has 208 valence electrons. The number of benzene rings is 2. The second kappa shape index (κ2) is 12.1. The number of H-pyrrole nitrogens is 1. The molecule has 40 heavy (non-hydrogen) atoms. The molecule has 0 spiro atoms. The molecule has 1 atom stereocenters. The summed E-state index contributed by atoms with van der Waals surface area (Å²) >= 11 is 0. The highest BCUT2D eigenvalue weighted by molar-refractivity contribution is 6.14. The van der Waals surface area contributed by atoms with E-state index < -0.39 is 24.1 Å². The maximum atomic E-state index is 14.0. The third-order valence-electron chi connectivity index (χ3n) is 7.17. The van der Waals surface area contributed by atoms with Crippen LogP contribution in [0.2, 0.25) is 0 Å². The van der Waals surface area contributed by atoms with Gasteiger partial charge in [0.15, 0.2) is 5.82 Å². The molecule has 5 rings (SSSR count). The van der Waals surface area contributed by atoms with Crippen LogP contribution in [0.3, 0.4) is 0 Å². The molecule has 12 heteroatoms. The molecule has 12 nitrogen and oxygen atoms in total. The number of esters is 1. The lowest BCUT2D eigenvalue weighted by atomic mass is 9.82. The molecule has 0 unspecified atom stereocenters. The average Bonchev–Trinajstić information content (AvgIpc) is 3.46. The fourth-order valence-corrected chi connectivity index (χ4v) is 5.36. The Bertz CT molecular complexity index is 1420. The van der Waals surface area contributed by atoms with E-state index in [-0.39, 0.29) is 19.1 Å². The van der Waals surface area contributed by atoms with E-state index in [9.17, 15) is 14.4 Å². The third kappa shape index (κ3) is 6.00. The topological polar surface area (TPSA) is 155 Å². The molecule has 3 aromatic rings. The minimum absolute atomic E-state index is 0.0236. The molecule has 2 aromatic carbocycles. The van der Waals surface area contributed by atoms with Crippen LogP contribution in [0.15, 0.2) is 47.5 Å². The minimum atomic E-state index is -1.16. The van der Waals surface area contributed by atoms with Crippen molar-refractivity contribution >= 4 is 35.0 Å². The van der Waals surface area contributed by atoms with Gasteiger partial charge in [0.25, 0.3) is 5.91 Å². The molecular formula is C28H32N8O4. The van der Waals surface area contributed by atoms with E-state index in [1.54, 1.807) is 29.2 Å². The molecule has 1 fully saturated rings. The number of tetrazole rings is 1. The number of amides is 3. The van der Waals surface area contributed by atoms with Gasteiger partial charge in [-0.05, 0) is 47.9 Å². The number of aliphatic imine (C=N–C) groups is 1. The number of nitrogens with one attached hydrogen (secondary N) is 3. The Labute approximate surface area is 231 Å². The smallest absolute Gasteiger partial charge is 0.321 e. The Morgan fingerprint density at radius 1 is 1.12 bits per heavy atom. The number of hydrogen-bond donors (Lipinski definition) is 3. The van der Waals surface area contributed by atoms with Gasteiger partial charge in [-0.25, -0.2) is 9.89 Å². The van der Waals surface area contributed by atoms with Gasteiger partial charge in [0.1, 0.15) is 6.61 Å². The molecule has 0 saturated heterocycles. The maximum absolute atomic E-state index is 14.0. The predicted octanol–water partition coefficient (Wildman–Crippen LogP) is 3.60. The zero-order valence-corrected chi connectivity index (χ0v) is 22.5. The van der Waals surface area contributed by atoms with Crippen molar-refractivity contribution in [1.82, 2.24) is 25.9 Å². The van der Waals surface area contributed by atoms with E-state index in [4.69, 9.17) is 9.73 Å². The number of fused-ring (bicyclic) bond motifs is 1. The summed E-state index contributed by atoms with van der Waals surface area (Å²) in [5.74, 6) is -0.190. The molecule has 1 aliphatic heterocycles. The fraction of sp³-hybridized carbons (Fsp3) is 0.393. The van der Waals surface area contributed by atoms with E-state index in [1.165, 1.54) is 13.3 Å². The number of anilines is 2. The number of aromatic amines is 1. The number of ether oxygens (including phenoxy) is 1. The van der Waals surface area contributed by atoms with Gasteiger partial charge in [0, 0.05) is 29.7 Å². The highest BCUT2D eigenvalue weighted by atomic mass is 16.5. The van der Waals surface area contributed by atoms with Gasteiger partial charge < -0.3 is 20.3 Å². The number of urea groups is 1. The average molecular weight is 545 g/mol. The van der Waals surface area contributed by atoms with E-state index >= 15 is 0 Å². The summed E-state index contributed by atoms with van der Waals surface area (Å²) in [6.45, 7) is 3.43. The summed E-state index contributed by atoms with van der Waals surface area (Å²) in [6, 6.07) is 12.3. The molecule has 0 bridgehead atoms. The Morgan fingerprint density at radius 3 is 2.67 bits per heavy atom. The highest BCUT2D eigenvalue weighted by Gasteiger charge is 2.36.